The van der Waals surface area contributed by atoms with Crippen LogP contribution in [0.3, 0.4) is 0 Å². The minimum Gasteiger partial charge on any atom is -0.355 e. The molecule has 0 bridgehead atoms. The monoisotopic (exact) mass is 186 g/mol. The fraction of sp³-hybridized carbons (Fsp3) is 0.900. The Morgan fingerprint density at radius 1 is 1.23 bits per heavy atom. The van der Waals surface area contributed by atoms with Gasteiger partial charge in [-0.1, -0.05) is 20.8 Å². The number of hydrogen-bond acceptors (Lipinski definition) is 2. The van der Waals surface area contributed by atoms with Gasteiger partial charge < -0.3 is 5.32 Å². The summed E-state index contributed by atoms with van der Waals surface area (Å²) in [6.45, 7) is 9.58. The topological polar surface area (TPSA) is 32.3 Å². The minimum absolute atomic E-state index is 0.150. The van der Waals surface area contributed by atoms with Crippen molar-refractivity contribution in [3.05, 3.63) is 0 Å². The third-order valence-electron chi connectivity index (χ3n) is 1.93. The smallest absolute Gasteiger partial charge is 0.234 e. The third kappa shape index (κ3) is 6.58. The Balaban J connectivity index is 3.60. The summed E-state index contributed by atoms with van der Waals surface area (Å²) in [5.41, 5.74) is 0. The predicted molar refractivity (Wildman–Crippen MR) is 55.7 cm³/mol. The fourth-order valence-electron chi connectivity index (χ4n) is 1.19. The molecule has 0 spiro atoms. The lowest BCUT2D eigenvalue weighted by atomic mass is 10.4. The molecular weight excluding hydrogens is 164 g/mol. The van der Waals surface area contributed by atoms with Gasteiger partial charge in [-0.2, -0.15) is 0 Å². The van der Waals surface area contributed by atoms with E-state index in [9.17, 15) is 4.79 Å². The average Bonchev–Trinajstić information content (AvgIpc) is 2.14. The van der Waals surface area contributed by atoms with E-state index in [4.69, 9.17) is 0 Å². The SMILES string of the molecule is CCCNC(=O)CN(CC)CCC. The number of hydrogen-bond donors (Lipinski definition) is 1. The highest BCUT2D eigenvalue weighted by molar-refractivity contribution is 5.77. The van der Waals surface area contributed by atoms with Crippen LogP contribution in [0.1, 0.15) is 33.6 Å². The largest absolute Gasteiger partial charge is 0.355 e. The molecule has 0 saturated heterocycles. The third-order valence-corrected chi connectivity index (χ3v) is 1.93. The number of nitrogens with zero attached hydrogens (tertiary/aromatic N) is 1. The zero-order valence-electron chi connectivity index (χ0n) is 9.10. The van der Waals surface area contributed by atoms with Crippen LogP contribution >= 0.6 is 0 Å². The van der Waals surface area contributed by atoms with Crippen LogP contribution in [0.25, 0.3) is 0 Å². The van der Waals surface area contributed by atoms with E-state index in [1.54, 1.807) is 0 Å². The van der Waals surface area contributed by atoms with Gasteiger partial charge in [-0.05, 0) is 25.9 Å². The Morgan fingerprint density at radius 2 is 1.92 bits per heavy atom. The summed E-state index contributed by atoms with van der Waals surface area (Å²) in [4.78, 5) is 13.5. The number of nitrogens with one attached hydrogen (secondary N) is 1. The molecule has 13 heavy (non-hydrogen) atoms. The van der Waals surface area contributed by atoms with Gasteiger partial charge in [-0.15, -0.1) is 0 Å². The first-order valence-electron chi connectivity index (χ1n) is 5.23. The summed E-state index contributed by atoms with van der Waals surface area (Å²) < 4.78 is 0. The molecule has 0 radical (unpaired) electrons. The van der Waals surface area contributed by atoms with Crippen LogP contribution in [0, 0.1) is 0 Å². The van der Waals surface area contributed by atoms with E-state index in [2.05, 4.69) is 31.0 Å². The molecule has 3 heteroatoms. The van der Waals surface area contributed by atoms with Crippen LogP contribution in [0.5, 0.6) is 0 Å². The van der Waals surface area contributed by atoms with Crippen LogP contribution in [0.4, 0.5) is 0 Å². The molecule has 1 amide bonds. The van der Waals surface area contributed by atoms with Gasteiger partial charge >= 0.3 is 0 Å². The average molecular weight is 186 g/mol. The van der Waals surface area contributed by atoms with Crippen LogP contribution in [0.2, 0.25) is 0 Å². The van der Waals surface area contributed by atoms with Gasteiger partial charge in [0.2, 0.25) is 5.91 Å². The lowest BCUT2D eigenvalue weighted by Crippen LogP contribution is -2.37. The van der Waals surface area contributed by atoms with Gasteiger partial charge in [-0.3, -0.25) is 9.69 Å². The maximum Gasteiger partial charge on any atom is 0.234 e. The Morgan fingerprint density at radius 3 is 2.38 bits per heavy atom. The highest BCUT2D eigenvalue weighted by Crippen LogP contribution is 1.89. The molecule has 0 unspecified atom stereocenters. The fourth-order valence-corrected chi connectivity index (χ4v) is 1.19. The number of carbonyl (C=O) groups is 1. The van der Waals surface area contributed by atoms with Crippen molar-refractivity contribution in [2.75, 3.05) is 26.2 Å². The molecule has 0 aromatic rings. The Labute approximate surface area is 81.5 Å². The van der Waals surface area contributed by atoms with Crippen LogP contribution in [0.15, 0.2) is 0 Å². The first-order valence-corrected chi connectivity index (χ1v) is 5.23. The molecular formula is C10H22N2O. The van der Waals surface area contributed by atoms with E-state index in [1.165, 1.54) is 0 Å². The first kappa shape index (κ1) is 12.4. The lowest BCUT2D eigenvalue weighted by molar-refractivity contribution is -0.122. The van der Waals surface area contributed by atoms with Crippen molar-refractivity contribution in [2.24, 2.45) is 0 Å². The molecule has 0 fully saturated rings. The van der Waals surface area contributed by atoms with E-state index >= 15 is 0 Å². The van der Waals surface area contributed by atoms with E-state index < -0.39 is 0 Å². The van der Waals surface area contributed by atoms with Crippen molar-refractivity contribution in [1.29, 1.82) is 0 Å². The highest BCUT2D eigenvalue weighted by Gasteiger charge is 2.06. The number of amides is 1. The molecule has 78 valence electrons. The van der Waals surface area contributed by atoms with Gasteiger partial charge in [0.15, 0.2) is 0 Å². The van der Waals surface area contributed by atoms with Crippen molar-refractivity contribution in [1.82, 2.24) is 10.2 Å². The van der Waals surface area contributed by atoms with Gasteiger partial charge in [0.1, 0.15) is 0 Å². The van der Waals surface area contributed by atoms with Gasteiger partial charge in [-0.25, -0.2) is 0 Å². The van der Waals surface area contributed by atoms with Crippen LogP contribution in [-0.2, 0) is 4.79 Å². The van der Waals surface area contributed by atoms with E-state index in [0.29, 0.717) is 6.54 Å². The molecule has 0 aliphatic heterocycles. The minimum atomic E-state index is 0.150. The molecule has 0 aliphatic rings. The van der Waals surface area contributed by atoms with Crippen molar-refractivity contribution < 1.29 is 4.79 Å². The van der Waals surface area contributed by atoms with Crippen molar-refractivity contribution >= 4 is 5.91 Å². The summed E-state index contributed by atoms with van der Waals surface area (Å²) in [5.74, 6) is 0.150. The molecule has 0 rings (SSSR count). The quantitative estimate of drug-likeness (QED) is 0.649. The maximum absolute atomic E-state index is 11.3. The predicted octanol–water partition coefficient (Wildman–Crippen LogP) is 1.24. The van der Waals surface area contributed by atoms with E-state index in [-0.39, 0.29) is 5.91 Å². The maximum atomic E-state index is 11.3. The van der Waals surface area contributed by atoms with Gasteiger partial charge in [0, 0.05) is 6.54 Å². The number of carbonyl (C=O) groups excluding carboxylic acids is 1. The normalized spacial score (nSPS) is 10.5. The van der Waals surface area contributed by atoms with Crippen molar-refractivity contribution in [3.8, 4) is 0 Å². The molecule has 3 nitrogen and oxygen atoms in total. The molecule has 0 aromatic carbocycles. The summed E-state index contributed by atoms with van der Waals surface area (Å²) in [6, 6.07) is 0. The second-order valence-electron chi connectivity index (χ2n) is 3.22. The summed E-state index contributed by atoms with van der Waals surface area (Å²) >= 11 is 0. The summed E-state index contributed by atoms with van der Waals surface area (Å²) in [6.07, 6.45) is 2.11. The molecule has 1 N–H and O–H groups in total. The highest BCUT2D eigenvalue weighted by atomic mass is 16.2. The summed E-state index contributed by atoms with van der Waals surface area (Å²) in [5, 5.41) is 2.87. The standard InChI is InChI=1S/C10H22N2O/c1-4-7-11-10(13)9-12(6-3)8-5-2/h4-9H2,1-3H3,(H,11,13). The van der Waals surface area contributed by atoms with Crippen LogP contribution in [-0.4, -0.2) is 37.0 Å². The second-order valence-corrected chi connectivity index (χ2v) is 3.22. The molecule has 0 aromatic heterocycles. The molecule has 0 saturated carbocycles. The Bertz CT molecular complexity index is 137. The molecule has 0 heterocycles. The molecule has 0 aliphatic carbocycles. The van der Waals surface area contributed by atoms with Gasteiger partial charge in [0.25, 0.3) is 0 Å². The Kier molecular flexibility index (Phi) is 7.69. The first-order chi connectivity index (χ1) is 6.24. The molecule has 0 atom stereocenters. The van der Waals surface area contributed by atoms with Gasteiger partial charge in [0.05, 0.1) is 6.54 Å². The zero-order valence-corrected chi connectivity index (χ0v) is 9.10. The van der Waals surface area contributed by atoms with E-state index in [1.807, 2.05) is 0 Å². The van der Waals surface area contributed by atoms with E-state index in [0.717, 1.165) is 32.5 Å². The summed E-state index contributed by atoms with van der Waals surface area (Å²) in [7, 11) is 0. The Hall–Kier alpha value is -0.570. The van der Waals surface area contributed by atoms with Crippen molar-refractivity contribution in [3.63, 3.8) is 0 Å². The number of likely N-dealkylation sites (N-methyl/N-ethyl adjacent to an activating group) is 1. The zero-order chi connectivity index (χ0) is 10.1. The number of rotatable bonds is 7. The van der Waals surface area contributed by atoms with Crippen LogP contribution < -0.4 is 5.32 Å². The van der Waals surface area contributed by atoms with Crippen molar-refractivity contribution in [2.45, 2.75) is 33.6 Å². The lowest BCUT2D eigenvalue weighted by Gasteiger charge is -2.18. The second kappa shape index (κ2) is 8.05.